The highest BCUT2D eigenvalue weighted by atomic mass is 32.2. The van der Waals surface area contributed by atoms with Crippen molar-refractivity contribution in [3.8, 4) is 0 Å². The number of sulfonamides is 1. The van der Waals surface area contributed by atoms with E-state index >= 15 is 0 Å². The topological polar surface area (TPSA) is 85.4 Å². The molecule has 0 bridgehead atoms. The third-order valence-electron chi connectivity index (χ3n) is 3.38. The van der Waals surface area contributed by atoms with Crippen molar-refractivity contribution in [2.24, 2.45) is 0 Å². The maximum absolute atomic E-state index is 12.0. The molecule has 1 aliphatic rings. The third kappa shape index (κ3) is 2.92. The van der Waals surface area contributed by atoms with E-state index in [1.165, 1.54) is 12.3 Å². The largest absolute Gasteiger partial charge is 0.390 e. The number of likely N-dealkylation sites (tertiary alicyclic amines) is 1. The minimum absolute atomic E-state index is 0.173. The molecule has 0 amide bonds. The quantitative estimate of drug-likeness (QED) is 0.698. The monoisotopic (exact) mass is 273 g/mol. The molecule has 1 fully saturated rings. The van der Waals surface area contributed by atoms with Crippen molar-refractivity contribution >= 4 is 10.0 Å². The van der Waals surface area contributed by atoms with E-state index < -0.39 is 10.0 Å². The molecule has 2 heterocycles. The minimum Gasteiger partial charge on any atom is -0.390 e. The van der Waals surface area contributed by atoms with Crippen molar-refractivity contribution in [1.29, 1.82) is 0 Å². The number of rotatable bonds is 5. The summed E-state index contributed by atoms with van der Waals surface area (Å²) in [6.07, 6.45) is 3.53. The molecule has 0 saturated carbocycles. The molecule has 0 aliphatic carbocycles. The first-order valence-electron chi connectivity index (χ1n) is 6.01. The molecule has 3 N–H and O–H groups in total. The second-order valence-corrected chi connectivity index (χ2v) is 6.41. The van der Waals surface area contributed by atoms with Crippen LogP contribution in [0.5, 0.6) is 0 Å². The molecule has 0 radical (unpaired) electrons. The Balaban J connectivity index is 1.98. The number of aromatic nitrogens is 1. The van der Waals surface area contributed by atoms with E-state index in [2.05, 4.69) is 14.6 Å². The number of nitrogens with zero attached hydrogens (tertiary/aromatic N) is 1. The van der Waals surface area contributed by atoms with Gasteiger partial charge in [0, 0.05) is 24.5 Å². The first-order valence-corrected chi connectivity index (χ1v) is 7.49. The van der Waals surface area contributed by atoms with Crippen LogP contribution in [-0.4, -0.2) is 49.6 Å². The fourth-order valence-corrected chi connectivity index (χ4v) is 3.28. The summed E-state index contributed by atoms with van der Waals surface area (Å²) < 4.78 is 26.6. The van der Waals surface area contributed by atoms with Crippen LogP contribution >= 0.6 is 0 Å². The Labute approximate surface area is 107 Å². The summed E-state index contributed by atoms with van der Waals surface area (Å²) in [4.78, 5) is 5.06. The number of aliphatic hydroxyl groups excluding tert-OH is 1. The number of likely N-dealkylation sites (N-methyl/N-ethyl adjacent to an activating group) is 1. The lowest BCUT2D eigenvalue weighted by Gasteiger charge is -2.19. The molecule has 1 aromatic heterocycles. The summed E-state index contributed by atoms with van der Waals surface area (Å²) >= 11 is 0. The summed E-state index contributed by atoms with van der Waals surface area (Å²) in [5, 5.41) is 8.90. The van der Waals surface area contributed by atoms with E-state index in [1.807, 2.05) is 7.05 Å². The molecule has 0 spiro atoms. The molecule has 7 heteroatoms. The summed E-state index contributed by atoms with van der Waals surface area (Å²) in [5.74, 6) is 0. The Morgan fingerprint density at radius 1 is 1.61 bits per heavy atom. The van der Waals surface area contributed by atoms with E-state index in [4.69, 9.17) is 5.11 Å². The fraction of sp³-hybridized carbons (Fsp3) is 0.636. The average Bonchev–Trinajstić information content (AvgIpc) is 2.95. The zero-order valence-electron chi connectivity index (χ0n) is 10.4. The Bertz CT molecular complexity index is 497. The minimum atomic E-state index is -3.48. The van der Waals surface area contributed by atoms with Gasteiger partial charge in [0.2, 0.25) is 10.0 Å². The van der Waals surface area contributed by atoms with Crippen molar-refractivity contribution < 1.29 is 13.5 Å². The Hall–Kier alpha value is -0.890. The highest BCUT2D eigenvalue weighted by Gasteiger charge is 2.23. The van der Waals surface area contributed by atoms with Gasteiger partial charge in [-0.3, -0.25) is 0 Å². The fourth-order valence-electron chi connectivity index (χ4n) is 2.19. The van der Waals surface area contributed by atoms with Crippen molar-refractivity contribution in [3.05, 3.63) is 18.0 Å². The van der Waals surface area contributed by atoms with Gasteiger partial charge in [-0.15, -0.1) is 0 Å². The molecule has 2 rings (SSSR count). The molecule has 0 aromatic carbocycles. The molecular formula is C11H19N3O3S. The lowest BCUT2D eigenvalue weighted by molar-refractivity contribution is 0.277. The van der Waals surface area contributed by atoms with Crippen LogP contribution in [0.15, 0.2) is 17.2 Å². The molecule has 18 heavy (non-hydrogen) atoms. The summed E-state index contributed by atoms with van der Waals surface area (Å²) in [6.45, 7) is 1.25. The number of hydrogen-bond acceptors (Lipinski definition) is 4. The van der Waals surface area contributed by atoms with Gasteiger partial charge in [-0.2, -0.15) is 0 Å². The van der Waals surface area contributed by atoms with Crippen LogP contribution in [0.25, 0.3) is 0 Å². The number of nitrogens with one attached hydrogen (secondary N) is 2. The standard InChI is InChI=1S/C11H19N3O3S/c1-14-4-2-3-10(14)6-13-18(16,17)11-5-9(8-15)12-7-11/h5,7,10,12-13,15H,2-4,6,8H2,1H3. The van der Waals surface area contributed by atoms with Gasteiger partial charge >= 0.3 is 0 Å². The zero-order chi connectivity index (χ0) is 13.2. The van der Waals surface area contributed by atoms with Crippen molar-refractivity contribution in [2.75, 3.05) is 20.1 Å². The summed E-state index contributed by atoms with van der Waals surface area (Å²) in [6, 6.07) is 1.72. The van der Waals surface area contributed by atoms with Crippen molar-refractivity contribution in [1.82, 2.24) is 14.6 Å². The van der Waals surface area contributed by atoms with E-state index in [9.17, 15) is 8.42 Å². The first kappa shape index (κ1) is 13.5. The predicted octanol–water partition coefficient (Wildman–Crippen LogP) is -0.120. The van der Waals surface area contributed by atoms with Crippen LogP contribution in [0, 0.1) is 0 Å². The van der Waals surface area contributed by atoms with E-state index in [0.717, 1.165) is 19.4 Å². The smallest absolute Gasteiger partial charge is 0.242 e. The number of aliphatic hydroxyl groups is 1. The SMILES string of the molecule is CN1CCCC1CNS(=O)(=O)c1c[nH]c(CO)c1. The Kier molecular flexibility index (Phi) is 4.06. The second-order valence-electron chi connectivity index (χ2n) is 4.65. The number of aromatic amines is 1. The Morgan fingerprint density at radius 2 is 2.39 bits per heavy atom. The van der Waals surface area contributed by atoms with E-state index in [0.29, 0.717) is 12.2 Å². The van der Waals surface area contributed by atoms with E-state index in [1.54, 1.807) is 0 Å². The zero-order valence-corrected chi connectivity index (χ0v) is 11.2. The summed E-state index contributed by atoms with van der Waals surface area (Å²) in [5.41, 5.74) is 0.494. The van der Waals surface area contributed by atoms with Gasteiger partial charge in [0.05, 0.1) is 11.5 Å². The van der Waals surface area contributed by atoms with Gasteiger partial charge in [0.1, 0.15) is 0 Å². The lowest BCUT2D eigenvalue weighted by Crippen LogP contribution is -2.38. The highest BCUT2D eigenvalue weighted by molar-refractivity contribution is 7.89. The van der Waals surface area contributed by atoms with Gasteiger partial charge < -0.3 is 15.0 Å². The van der Waals surface area contributed by atoms with Gasteiger partial charge in [0.15, 0.2) is 0 Å². The second kappa shape index (κ2) is 5.40. The number of hydrogen-bond donors (Lipinski definition) is 3. The van der Waals surface area contributed by atoms with Crippen molar-refractivity contribution in [2.45, 2.75) is 30.4 Å². The van der Waals surface area contributed by atoms with Gasteiger partial charge in [-0.1, -0.05) is 0 Å². The predicted molar refractivity (Wildman–Crippen MR) is 67.6 cm³/mol. The van der Waals surface area contributed by atoms with Gasteiger partial charge in [-0.25, -0.2) is 13.1 Å². The highest BCUT2D eigenvalue weighted by Crippen LogP contribution is 2.15. The van der Waals surface area contributed by atoms with Crippen LogP contribution in [0.4, 0.5) is 0 Å². The van der Waals surface area contributed by atoms with Crippen LogP contribution in [0.2, 0.25) is 0 Å². The van der Waals surface area contributed by atoms with Gasteiger partial charge in [-0.05, 0) is 32.5 Å². The molecule has 1 aliphatic heterocycles. The molecule has 1 unspecified atom stereocenters. The molecule has 6 nitrogen and oxygen atoms in total. The summed E-state index contributed by atoms with van der Waals surface area (Å²) in [7, 11) is -1.47. The molecule has 1 aromatic rings. The number of H-pyrrole nitrogens is 1. The molecule has 1 saturated heterocycles. The van der Waals surface area contributed by atoms with Crippen LogP contribution in [-0.2, 0) is 16.6 Å². The van der Waals surface area contributed by atoms with E-state index in [-0.39, 0.29) is 17.5 Å². The first-order chi connectivity index (χ1) is 8.53. The van der Waals surface area contributed by atoms with Gasteiger partial charge in [0.25, 0.3) is 0 Å². The molecular weight excluding hydrogens is 254 g/mol. The maximum Gasteiger partial charge on any atom is 0.242 e. The van der Waals surface area contributed by atoms with Crippen LogP contribution < -0.4 is 4.72 Å². The maximum atomic E-state index is 12.0. The van der Waals surface area contributed by atoms with Crippen molar-refractivity contribution in [3.63, 3.8) is 0 Å². The average molecular weight is 273 g/mol. The normalized spacial score (nSPS) is 21.6. The third-order valence-corrected chi connectivity index (χ3v) is 4.78. The molecule has 102 valence electrons. The van der Waals surface area contributed by atoms with Crippen LogP contribution in [0.1, 0.15) is 18.5 Å². The van der Waals surface area contributed by atoms with Crippen LogP contribution in [0.3, 0.4) is 0 Å². The lowest BCUT2D eigenvalue weighted by atomic mass is 10.2. The Morgan fingerprint density at radius 3 is 2.94 bits per heavy atom. The molecule has 1 atom stereocenters.